The van der Waals surface area contributed by atoms with E-state index in [2.05, 4.69) is 27.9 Å². The summed E-state index contributed by atoms with van der Waals surface area (Å²) in [5.41, 5.74) is 0.641. The summed E-state index contributed by atoms with van der Waals surface area (Å²) >= 11 is 9.36. The largest absolute Gasteiger partial charge is 0.341 e. The maximum Gasteiger partial charge on any atom is 0.253 e. The minimum atomic E-state index is 0.0314. The zero-order valence-corrected chi connectivity index (χ0v) is 13.5. The molecular formula is C14H18BrClN2O. The van der Waals surface area contributed by atoms with E-state index in [1.54, 1.807) is 17.0 Å². The van der Waals surface area contributed by atoms with Gasteiger partial charge >= 0.3 is 0 Å². The number of amides is 1. The van der Waals surface area contributed by atoms with Crippen molar-refractivity contribution in [2.45, 2.75) is 6.42 Å². The number of hydrogen-bond acceptors (Lipinski definition) is 2. The fourth-order valence-electron chi connectivity index (χ4n) is 2.50. The second-order valence-corrected chi connectivity index (χ2v) is 6.49. The Morgan fingerprint density at radius 3 is 2.89 bits per heavy atom. The highest BCUT2D eigenvalue weighted by molar-refractivity contribution is 9.10. The highest BCUT2D eigenvalue weighted by atomic mass is 79.9. The summed E-state index contributed by atoms with van der Waals surface area (Å²) in [5.74, 6) is 0.605. The summed E-state index contributed by atoms with van der Waals surface area (Å²) in [5, 5.41) is 0.569. The molecule has 1 aliphatic rings. The van der Waals surface area contributed by atoms with Crippen LogP contribution in [0.5, 0.6) is 0 Å². The zero-order chi connectivity index (χ0) is 14.0. The molecule has 1 saturated heterocycles. The molecule has 1 amide bonds. The van der Waals surface area contributed by atoms with Crippen LogP contribution in [0.3, 0.4) is 0 Å². The first-order chi connectivity index (χ1) is 8.97. The van der Waals surface area contributed by atoms with Crippen LogP contribution in [0, 0.1) is 5.92 Å². The van der Waals surface area contributed by atoms with E-state index in [0.717, 1.165) is 30.5 Å². The van der Waals surface area contributed by atoms with Crippen molar-refractivity contribution >= 4 is 33.4 Å². The molecule has 0 aromatic heterocycles. The molecule has 104 valence electrons. The number of halogens is 2. The van der Waals surface area contributed by atoms with Gasteiger partial charge in [0.25, 0.3) is 5.91 Å². The van der Waals surface area contributed by atoms with Gasteiger partial charge in [-0.15, -0.1) is 0 Å². The van der Waals surface area contributed by atoms with Crippen LogP contribution in [-0.2, 0) is 0 Å². The van der Waals surface area contributed by atoms with Crippen LogP contribution in [0.4, 0.5) is 0 Å². The van der Waals surface area contributed by atoms with E-state index in [1.165, 1.54) is 0 Å². The molecule has 1 aromatic carbocycles. The van der Waals surface area contributed by atoms with Gasteiger partial charge in [-0.05, 0) is 60.1 Å². The number of benzene rings is 1. The quantitative estimate of drug-likeness (QED) is 0.840. The third-order valence-corrected chi connectivity index (χ3v) is 4.77. The van der Waals surface area contributed by atoms with Crippen LogP contribution in [-0.4, -0.2) is 49.4 Å². The van der Waals surface area contributed by atoms with Gasteiger partial charge in [0, 0.05) is 30.2 Å². The van der Waals surface area contributed by atoms with Gasteiger partial charge in [0.05, 0.1) is 5.02 Å². The van der Waals surface area contributed by atoms with E-state index in [-0.39, 0.29) is 5.91 Å². The predicted octanol–water partition coefficient (Wildman–Crippen LogP) is 3.13. The number of carbonyl (C=O) groups is 1. The van der Waals surface area contributed by atoms with Gasteiger partial charge in [-0.1, -0.05) is 11.6 Å². The normalized spacial score (nSPS) is 19.7. The maximum atomic E-state index is 12.3. The van der Waals surface area contributed by atoms with Crippen molar-refractivity contribution in [1.82, 2.24) is 9.80 Å². The van der Waals surface area contributed by atoms with Gasteiger partial charge in [0.1, 0.15) is 0 Å². The van der Waals surface area contributed by atoms with Crippen molar-refractivity contribution in [3.63, 3.8) is 0 Å². The van der Waals surface area contributed by atoms with Gasteiger partial charge in [-0.2, -0.15) is 0 Å². The summed E-state index contributed by atoms with van der Waals surface area (Å²) in [7, 11) is 3.98. The molecule has 19 heavy (non-hydrogen) atoms. The molecule has 3 nitrogen and oxygen atoms in total. The Kier molecular flexibility index (Phi) is 4.87. The summed E-state index contributed by atoms with van der Waals surface area (Å²) in [6, 6.07) is 5.33. The summed E-state index contributed by atoms with van der Waals surface area (Å²) < 4.78 is 0.811. The second-order valence-electron chi connectivity index (χ2n) is 5.23. The Morgan fingerprint density at radius 1 is 1.58 bits per heavy atom. The van der Waals surface area contributed by atoms with Crippen LogP contribution >= 0.6 is 27.5 Å². The van der Waals surface area contributed by atoms with Crippen LogP contribution in [0.1, 0.15) is 16.8 Å². The number of carbonyl (C=O) groups excluding carboxylic acids is 1. The van der Waals surface area contributed by atoms with Crippen LogP contribution in [0.25, 0.3) is 0 Å². The van der Waals surface area contributed by atoms with Gasteiger partial charge in [0.15, 0.2) is 0 Å². The Balaban J connectivity index is 2.00. The van der Waals surface area contributed by atoms with E-state index in [9.17, 15) is 4.79 Å². The van der Waals surface area contributed by atoms with Gasteiger partial charge in [-0.3, -0.25) is 4.79 Å². The fourth-order valence-corrected chi connectivity index (χ4v) is 2.92. The monoisotopic (exact) mass is 344 g/mol. The Labute approximate surface area is 127 Å². The topological polar surface area (TPSA) is 23.6 Å². The molecule has 1 aliphatic heterocycles. The molecule has 0 aliphatic carbocycles. The SMILES string of the molecule is CN1CCC(CN(C)C(=O)c2ccc(Br)c(Cl)c2)C1. The van der Waals surface area contributed by atoms with Crippen molar-refractivity contribution in [2.24, 2.45) is 5.92 Å². The molecule has 0 radical (unpaired) electrons. The molecule has 2 rings (SSSR count). The van der Waals surface area contributed by atoms with Gasteiger partial charge in [0.2, 0.25) is 0 Å². The minimum Gasteiger partial charge on any atom is -0.341 e. The lowest BCUT2D eigenvalue weighted by Gasteiger charge is -2.21. The molecule has 1 unspecified atom stereocenters. The van der Waals surface area contributed by atoms with Crippen LogP contribution < -0.4 is 0 Å². The molecular weight excluding hydrogens is 328 g/mol. The molecule has 0 spiro atoms. The maximum absolute atomic E-state index is 12.3. The number of nitrogens with zero attached hydrogens (tertiary/aromatic N) is 2. The summed E-state index contributed by atoms with van der Waals surface area (Å²) in [6.07, 6.45) is 1.16. The first-order valence-electron chi connectivity index (χ1n) is 6.36. The lowest BCUT2D eigenvalue weighted by molar-refractivity contribution is 0.0774. The number of likely N-dealkylation sites (tertiary alicyclic amines) is 1. The van der Waals surface area contributed by atoms with Crippen molar-refractivity contribution in [2.75, 3.05) is 33.7 Å². The van der Waals surface area contributed by atoms with Gasteiger partial charge in [-0.25, -0.2) is 0 Å². The highest BCUT2D eigenvalue weighted by Gasteiger charge is 2.23. The van der Waals surface area contributed by atoms with Crippen molar-refractivity contribution in [3.05, 3.63) is 33.3 Å². The number of rotatable bonds is 3. The first kappa shape index (κ1) is 14.8. The molecule has 0 N–H and O–H groups in total. The Hall–Kier alpha value is -0.580. The highest BCUT2D eigenvalue weighted by Crippen LogP contribution is 2.24. The lowest BCUT2D eigenvalue weighted by atomic mass is 10.1. The van der Waals surface area contributed by atoms with Crippen molar-refractivity contribution in [3.8, 4) is 0 Å². The Morgan fingerprint density at radius 2 is 2.32 bits per heavy atom. The third kappa shape index (κ3) is 3.71. The molecule has 0 saturated carbocycles. The van der Waals surface area contributed by atoms with E-state index < -0.39 is 0 Å². The lowest BCUT2D eigenvalue weighted by Crippen LogP contribution is -2.32. The molecule has 5 heteroatoms. The van der Waals surface area contributed by atoms with E-state index in [1.807, 2.05) is 13.1 Å². The van der Waals surface area contributed by atoms with E-state index in [4.69, 9.17) is 11.6 Å². The van der Waals surface area contributed by atoms with E-state index in [0.29, 0.717) is 16.5 Å². The molecule has 1 fully saturated rings. The fraction of sp³-hybridized carbons (Fsp3) is 0.500. The Bertz CT molecular complexity index is 481. The second kappa shape index (κ2) is 6.25. The average molecular weight is 346 g/mol. The van der Waals surface area contributed by atoms with Crippen molar-refractivity contribution in [1.29, 1.82) is 0 Å². The smallest absolute Gasteiger partial charge is 0.253 e. The van der Waals surface area contributed by atoms with E-state index >= 15 is 0 Å². The van der Waals surface area contributed by atoms with Crippen LogP contribution in [0.2, 0.25) is 5.02 Å². The van der Waals surface area contributed by atoms with Crippen LogP contribution in [0.15, 0.2) is 22.7 Å². The number of hydrogen-bond donors (Lipinski definition) is 0. The third-order valence-electron chi connectivity index (χ3n) is 3.53. The first-order valence-corrected chi connectivity index (χ1v) is 7.53. The average Bonchev–Trinajstić information content (AvgIpc) is 2.77. The molecule has 1 aromatic rings. The zero-order valence-electron chi connectivity index (χ0n) is 11.2. The van der Waals surface area contributed by atoms with Gasteiger partial charge < -0.3 is 9.80 Å². The minimum absolute atomic E-state index is 0.0314. The summed E-state index contributed by atoms with van der Waals surface area (Å²) in [6.45, 7) is 2.99. The summed E-state index contributed by atoms with van der Waals surface area (Å²) in [4.78, 5) is 16.4. The molecule has 1 heterocycles. The molecule has 1 atom stereocenters. The predicted molar refractivity (Wildman–Crippen MR) is 81.7 cm³/mol. The standard InChI is InChI=1S/C14H18BrClN2O/c1-17-6-5-10(8-17)9-18(2)14(19)11-3-4-12(15)13(16)7-11/h3-4,7,10H,5-6,8-9H2,1-2H3. The van der Waals surface area contributed by atoms with Crippen molar-refractivity contribution < 1.29 is 4.79 Å². The molecule has 0 bridgehead atoms.